The lowest BCUT2D eigenvalue weighted by Crippen LogP contribution is -2.55. The van der Waals surface area contributed by atoms with Crippen LogP contribution in [-0.4, -0.2) is 47.3 Å². The number of carbonyl (C=O) groups is 2. The number of nitrogens with zero attached hydrogens (tertiary/aromatic N) is 2. The Morgan fingerprint density at radius 2 is 1.48 bits per heavy atom. The van der Waals surface area contributed by atoms with Gasteiger partial charge in [-0.25, -0.2) is 0 Å². The van der Waals surface area contributed by atoms with Crippen LogP contribution in [0.3, 0.4) is 0 Å². The van der Waals surface area contributed by atoms with E-state index in [4.69, 9.17) is 23.2 Å². The number of amides is 2. The highest BCUT2D eigenvalue weighted by Crippen LogP contribution is 2.19. The van der Waals surface area contributed by atoms with Crippen molar-refractivity contribution in [1.29, 1.82) is 0 Å². The van der Waals surface area contributed by atoms with E-state index in [0.717, 1.165) is 0 Å². The molecule has 6 heteroatoms. The molecule has 1 atom stereocenters. The predicted molar refractivity (Wildman–Crippen MR) is 99.3 cm³/mol. The lowest BCUT2D eigenvalue weighted by Gasteiger charge is -2.40. The van der Waals surface area contributed by atoms with Gasteiger partial charge in [0, 0.05) is 46.8 Å². The lowest BCUT2D eigenvalue weighted by atomic mass is 10.1. The highest BCUT2D eigenvalue weighted by atomic mass is 35.5. The maximum Gasteiger partial charge on any atom is 0.254 e. The maximum atomic E-state index is 12.7. The van der Waals surface area contributed by atoms with Crippen LogP contribution in [0.5, 0.6) is 0 Å². The van der Waals surface area contributed by atoms with E-state index in [1.807, 2.05) is 6.92 Å². The minimum Gasteiger partial charge on any atom is -0.335 e. The van der Waals surface area contributed by atoms with Crippen LogP contribution in [0.1, 0.15) is 27.6 Å². The minimum absolute atomic E-state index is 0.0649. The smallest absolute Gasteiger partial charge is 0.254 e. The van der Waals surface area contributed by atoms with Crippen molar-refractivity contribution >= 4 is 35.0 Å². The zero-order valence-corrected chi connectivity index (χ0v) is 15.3. The summed E-state index contributed by atoms with van der Waals surface area (Å²) in [5.41, 5.74) is 1.13. The van der Waals surface area contributed by atoms with Crippen molar-refractivity contribution in [2.75, 3.05) is 19.6 Å². The first kappa shape index (κ1) is 17.8. The van der Waals surface area contributed by atoms with Gasteiger partial charge in [-0.05, 0) is 43.3 Å². The van der Waals surface area contributed by atoms with E-state index >= 15 is 0 Å². The van der Waals surface area contributed by atoms with Gasteiger partial charge in [-0.3, -0.25) is 9.59 Å². The van der Waals surface area contributed by atoms with Crippen LogP contribution < -0.4 is 0 Å². The molecule has 0 bridgehead atoms. The van der Waals surface area contributed by atoms with Crippen LogP contribution in [0, 0.1) is 0 Å². The largest absolute Gasteiger partial charge is 0.335 e. The SMILES string of the molecule is C[C@H]1CN(C(=O)c2cccc(Cl)c2)CCN1C(=O)c1cccc(Cl)c1. The second-order valence-electron chi connectivity index (χ2n) is 6.12. The molecule has 0 aliphatic carbocycles. The molecule has 0 radical (unpaired) electrons. The highest BCUT2D eigenvalue weighted by Gasteiger charge is 2.30. The molecule has 1 aliphatic rings. The number of halogens is 2. The molecule has 3 rings (SSSR count). The molecule has 0 unspecified atom stereocenters. The summed E-state index contributed by atoms with van der Waals surface area (Å²) in [4.78, 5) is 28.9. The molecule has 1 fully saturated rings. The topological polar surface area (TPSA) is 40.6 Å². The average molecular weight is 377 g/mol. The van der Waals surface area contributed by atoms with E-state index < -0.39 is 0 Å². The molecule has 1 saturated heterocycles. The Kier molecular flexibility index (Phi) is 5.30. The molecule has 2 amide bonds. The molecule has 0 saturated carbocycles. The Hall–Kier alpha value is -2.04. The summed E-state index contributed by atoms with van der Waals surface area (Å²) in [7, 11) is 0. The van der Waals surface area contributed by atoms with Gasteiger partial charge < -0.3 is 9.80 Å². The zero-order valence-electron chi connectivity index (χ0n) is 13.8. The first-order valence-corrected chi connectivity index (χ1v) is 8.82. The van der Waals surface area contributed by atoms with Crippen molar-refractivity contribution in [2.45, 2.75) is 13.0 Å². The van der Waals surface area contributed by atoms with Crippen molar-refractivity contribution in [1.82, 2.24) is 9.80 Å². The number of piperazine rings is 1. The number of rotatable bonds is 2. The van der Waals surface area contributed by atoms with Gasteiger partial charge in [-0.2, -0.15) is 0 Å². The fraction of sp³-hybridized carbons (Fsp3) is 0.263. The number of benzene rings is 2. The van der Waals surface area contributed by atoms with Gasteiger partial charge in [0.15, 0.2) is 0 Å². The van der Waals surface area contributed by atoms with Crippen LogP contribution in [-0.2, 0) is 0 Å². The summed E-state index contributed by atoms with van der Waals surface area (Å²) in [5.74, 6) is -0.131. The Labute approximate surface area is 156 Å². The van der Waals surface area contributed by atoms with Gasteiger partial charge in [-0.1, -0.05) is 35.3 Å². The van der Waals surface area contributed by atoms with Gasteiger partial charge in [0.2, 0.25) is 0 Å². The molecule has 0 aromatic heterocycles. The fourth-order valence-electron chi connectivity index (χ4n) is 3.04. The molecule has 4 nitrogen and oxygen atoms in total. The highest BCUT2D eigenvalue weighted by molar-refractivity contribution is 6.31. The lowest BCUT2D eigenvalue weighted by molar-refractivity contribution is 0.0414. The van der Waals surface area contributed by atoms with Gasteiger partial charge in [0.05, 0.1) is 0 Å². The van der Waals surface area contributed by atoms with E-state index in [2.05, 4.69) is 0 Å². The van der Waals surface area contributed by atoms with E-state index in [1.165, 1.54) is 0 Å². The van der Waals surface area contributed by atoms with Gasteiger partial charge in [0.1, 0.15) is 0 Å². The summed E-state index contributed by atoms with van der Waals surface area (Å²) in [6.45, 7) is 3.40. The molecule has 130 valence electrons. The molecular formula is C19H18Cl2N2O2. The molecule has 0 spiro atoms. The van der Waals surface area contributed by atoms with Crippen molar-refractivity contribution in [3.63, 3.8) is 0 Å². The number of hydrogen-bond donors (Lipinski definition) is 0. The minimum atomic E-state index is -0.0802. The third-order valence-electron chi connectivity index (χ3n) is 4.32. The van der Waals surface area contributed by atoms with Crippen LogP contribution in [0.4, 0.5) is 0 Å². The second kappa shape index (κ2) is 7.46. The fourth-order valence-corrected chi connectivity index (χ4v) is 3.42. The quantitative estimate of drug-likeness (QED) is 0.795. The van der Waals surface area contributed by atoms with Crippen molar-refractivity contribution < 1.29 is 9.59 Å². The molecule has 25 heavy (non-hydrogen) atoms. The third kappa shape index (κ3) is 3.97. The Morgan fingerprint density at radius 3 is 2.00 bits per heavy atom. The monoisotopic (exact) mass is 376 g/mol. The van der Waals surface area contributed by atoms with E-state index in [-0.39, 0.29) is 17.9 Å². The maximum absolute atomic E-state index is 12.7. The zero-order chi connectivity index (χ0) is 18.0. The molecule has 2 aromatic carbocycles. The summed E-state index contributed by atoms with van der Waals surface area (Å²) in [5, 5.41) is 1.07. The van der Waals surface area contributed by atoms with Crippen LogP contribution in [0.15, 0.2) is 48.5 Å². The normalized spacial score (nSPS) is 17.5. The molecule has 1 aliphatic heterocycles. The average Bonchev–Trinajstić information content (AvgIpc) is 2.60. The van der Waals surface area contributed by atoms with Crippen LogP contribution >= 0.6 is 23.2 Å². The summed E-state index contributed by atoms with van der Waals surface area (Å²) in [6.07, 6.45) is 0. The van der Waals surface area contributed by atoms with Crippen molar-refractivity contribution in [3.8, 4) is 0 Å². The van der Waals surface area contributed by atoms with E-state index in [1.54, 1.807) is 58.3 Å². The van der Waals surface area contributed by atoms with Gasteiger partial charge in [-0.15, -0.1) is 0 Å². The molecule has 1 heterocycles. The third-order valence-corrected chi connectivity index (χ3v) is 4.79. The Balaban J connectivity index is 1.70. The summed E-state index contributed by atoms with van der Waals surface area (Å²) in [6, 6.07) is 13.8. The first-order valence-electron chi connectivity index (χ1n) is 8.07. The van der Waals surface area contributed by atoms with E-state index in [9.17, 15) is 9.59 Å². The second-order valence-corrected chi connectivity index (χ2v) is 6.99. The van der Waals surface area contributed by atoms with Crippen LogP contribution in [0.25, 0.3) is 0 Å². The summed E-state index contributed by atoms with van der Waals surface area (Å²) < 4.78 is 0. The first-order chi connectivity index (χ1) is 12.0. The number of hydrogen-bond acceptors (Lipinski definition) is 2. The van der Waals surface area contributed by atoms with Crippen LogP contribution in [0.2, 0.25) is 10.0 Å². The Bertz CT molecular complexity index is 810. The van der Waals surface area contributed by atoms with E-state index in [0.29, 0.717) is 40.8 Å². The van der Waals surface area contributed by atoms with Gasteiger partial charge >= 0.3 is 0 Å². The molecular weight excluding hydrogens is 359 g/mol. The number of carbonyl (C=O) groups excluding carboxylic acids is 2. The molecule has 0 N–H and O–H groups in total. The van der Waals surface area contributed by atoms with Crippen molar-refractivity contribution in [3.05, 3.63) is 69.7 Å². The molecule has 2 aromatic rings. The standard InChI is InChI=1S/C19H18Cl2N2O2/c1-13-12-22(18(24)14-4-2-6-16(20)10-14)8-9-23(13)19(25)15-5-3-7-17(21)11-15/h2-7,10-11,13H,8-9,12H2,1H3/t13-/m0/s1. The Morgan fingerprint density at radius 1 is 0.920 bits per heavy atom. The summed E-state index contributed by atoms with van der Waals surface area (Å²) >= 11 is 11.9. The van der Waals surface area contributed by atoms with Crippen molar-refractivity contribution in [2.24, 2.45) is 0 Å². The predicted octanol–water partition coefficient (Wildman–Crippen LogP) is 3.98. The van der Waals surface area contributed by atoms with Gasteiger partial charge in [0.25, 0.3) is 11.8 Å².